The van der Waals surface area contributed by atoms with Gasteiger partial charge in [-0.05, 0) is 52.5 Å². The highest BCUT2D eigenvalue weighted by Crippen LogP contribution is 2.75. The maximum atomic E-state index is 13.5. The lowest BCUT2D eigenvalue weighted by molar-refractivity contribution is -0.183. The zero-order valence-corrected chi connectivity index (χ0v) is 19.4. The minimum absolute atomic E-state index is 0.00201. The van der Waals surface area contributed by atoms with Crippen LogP contribution in [0.15, 0.2) is 72.8 Å². The van der Waals surface area contributed by atoms with Crippen LogP contribution in [0.5, 0.6) is 0 Å². The van der Waals surface area contributed by atoms with Crippen LogP contribution in [0.25, 0.3) is 11.1 Å². The van der Waals surface area contributed by atoms with Gasteiger partial charge in [-0.1, -0.05) is 72.8 Å². The van der Waals surface area contributed by atoms with Crippen molar-refractivity contribution in [2.75, 3.05) is 6.61 Å². The third-order valence-corrected chi connectivity index (χ3v) is 8.30. The quantitative estimate of drug-likeness (QED) is 0.424. The predicted molar refractivity (Wildman–Crippen MR) is 129 cm³/mol. The highest BCUT2D eigenvalue weighted by Gasteiger charge is 2.73. The molecule has 0 aromatic heterocycles. The van der Waals surface area contributed by atoms with Gasteiger partial charge in [-0.25, -0.2) is 18.4 Å². The van der Waals surface area contributed by atoms with Crippen molar-refractivity contribution < 1.29 is 28.2 Å². The molecule has 3 saturated carbocycles. The molecule has 3 aromatic rings. The fourth-order valence-electron chi connectivity index (χ4n) is 6.86. The van der Waals surface area contributed by atoms with Crippen LogP contribution in [0.2, 0.25) is 0 Å². The summed E-state index contributed by atoms with van der Waals surface area (Å²) in [5.74, 6) is -1.27. The fourth-order valence-corrected chi connectivity index (χ4v) is 6.86. The van der Waals surface area contributed by atoms with Crippen LogP contribution in [0, 0.1) is 5.41 Å². The Bertz CT molecular complexity index is 1310. The number of ether oxygens (including phenoxy) is 1. The molecule has 0 aliphatic heterocycles. The monoisotopic (exact) mass is 489 g/mol. The maximum absolute atomic E-state index is 13.5. The molecule has 0 radical (unpaired) electrons. The summed E-state index contributed by atoms with van der Waals surface area (Å²) in [5.41, 5.74) is 3.86. The van der Waals surface area contributed by atoms with E-state index in [1.54, 1.807) is 18.2 Å². The number of halogens is 2. The number of rotatable bonds is 7. The van der Waals surface area contributed by atoms with Crippen LogP contribution < -0.4 is 5.32 Å². The van der Waals surface area contributed by atoms with E-state index >= 15 is 0 Å². The van der Waals surface area contributed by atoms with Gasteiger partial charge in [-0.3, -0.25) is 0 Å². The molecule has 5 nitrogen and oxygen atoms in total. The van der Waals surface area contributed by atoms with Crippen LogP contribution in [0.4, 0.5) is 13.6 Å². The van der Waals surface area contributed by atoms with Crippen molar-refractivity contribution in [1.82, 2.24) is 5.32 Å². The summed E-state index contributed by atoms with van der Waals surface area (Å²) >= 11 is 0. The van der Waals surface area contributed by atoms with Gasteiger partial charge in [0.15, 0.2) is 0 Å². The number of nitrogens with one attached hydrogen (secondary N) is 1. The molecule has 7 heteroatoms. The van der Waals surface area contributed by atoms with Crippen LogP contribution >= 0.6 is 0 Å². The van der Waals surface area contributed by atoms with E-state index in [1.165, 1.54) is 6.07 Å². The van der Waals surface area contributed by atoms with Gasteiger partial charge in [0.1, 0.15) is 12.6 Å². The van der Waals surface area contributed by atoms with E-state index in [0.29, 0.717) is 24.8 Å². The van der Waals surface area contributed by atoms with Gasteiger partial charge in [0, 0.05) is 16.9 Å². The summed E-state index contributed by atoms with van der Waals surface area (Å²) in [4.78, 5) is 24.9. The Hall–Kier alpha value is -3.74. The third kappa shape index (κ3) is 3.33. The lowest BCUT2D eigenvalue weighted by Crippen LogP contribution is -2.73. The number of carbonyl (C=O) groups is 2. The Kier molecular flexibility index (Phi) is 5.14. The topological polar surface area (TPSA) is 75.6 Å². The van der Waals surface area contributed by atoms with E-state index in [4.69, 9.17) is 4.74 Å². The van der Waals surface area contributed by atoms with Gasteiger partial charge in [0.2, 0.25) is 0 Å². The first kappa shape index (κ1) is 22.7. The summed E-state index contributed by atoms with van der Waals surface area (Å²) in [5, 5.41) is 12.5. The van der Waals surface area contributed by atoms with Gasteiger partial charge in [0.25, 0.3) is 6.43 Å². The molecule has 2 N–H and O–H groups in total. The number of aliphatic carboxylic acids is 1. The van der Waals surface area contributed by atoms with Crippen LogP contribution in [0.3, 0.4) is 0 Å². The summed E-state index contributed by atoms with van der Waals surface area (Å²) in [6, 6.07) is 21.3. The Morgan fingerprint density at radius 2 is 1.47 bits per heavy atom. The molecule has 0 heterocycles. The number of carbonyl (C=O) groups excluding carboxylic acids is 1. The standard InChI is InChI=1S/C29H25F2NO4/c30-25(31)21-11-5-6-12-23(21)28-14-29(15-28,16-28)24(26(33)34)32-27(35)36-13-22-19-9-3-1-7-17(19)18-8-2-4-10-20(18)22/h1-12,22,24-25H,13-16H2,(H,32,35)(H,33,34). The van der Waals surface area contributed by atoms with Crippen molar-refractivity contribution in [3.05, 3.63) is 95.1 Å². The third-order valence-electron chi connectivity index (χ3n) is 8.30. The molecule has 4 aliphatic rings. The normalized spacial score (nSPS) is 24.2. The minimum Gasteiger partial charge on any atom is -0.480 e. The Morgan fingerprint density at radius 1 is 0.917 bits per heavy atom. The Balaban J connectivity index is 1.13. The lowest BCUT2D eigenvalue weighted by atomic mass is 9.31. The molecule has 184 valence electrons. The summed E-state index contributed by atoms with van der Waals surface area (Å²) in [6.45, 7) is 0.0882. The van der Waals surface area contributed by atoms with Crippen molar-refractivity contribution in [3.63, 3.8) is 0 Å². The van der Waals surface area contributed by atoms with E-state index in [-0.39, 0.29) is 18.1 Å². The van der Waals surface area contributed by atoms with E-state index in [0.717, 1.165) is 22.3 Å². The summed E-state index contributed by atoms with van der Waals surface area (Å²) in [7, 11) is 0. The molecule has 1 amide bonds. The number of hydrogen-bond donors (Lipinski definition) is 2. The number of amides is 1. The minimum atomic E-state index is -2.58. The second-order valence-electron chi connectivity index (χ2n) is 10.3. The highest BCUT2D eigenvalue weighted by molar-refractivity contribution is 5.82. The summed E-state index contributed by atoms with van der Waals surface area (Å²) in [6.07, 6.45) is -2.02. The first-order valence-corrected chi connectivity index (χ1v) is 12.1. The number of fused-ring (bicyclic) bond motifs is 3. The molecule has 0 saturated heterocycles. The van der Waals surface area contributed by atoms with E-state index in [1.807, 2.05) is 48.5 Å². The molecule has 1 atom stereocenters. The average Bonchev–Trinajstić information content (AvgIpc) is 3.14. The van der Waals surface area contributed by atoms with Crippen molar-refractivity contribution in [2.24, 2.45) is 5.41 Å². The number of alkyl carbamates (subject to hydrolysis) is 1. The van der Waals surface area contributed by atoms with Gasteiger partial charge in [-0.2, -0.15) is 0 Å². The molecule has 2 bridgehead atoms. The van der Waals surface area contributed by atoms with E-state index in [2.05, 4.69) is 5.32 Å². The number of carboxylic acids is 1. The Morgan fingerprint density at radius 3 is 2.06 bits per heavy atom. The molecule has 7 rings (SSSR count). The highest BCUT2D eigenvalue weighted by atomic mass is 19.3. The number of alkyl halides is 2. The molecular weight excluding hydrogens is 464 g/mol. The molecule has 36 heavy (non-hydrogen) atoms. The first-order chi connectivity index (χ1) is 17.3. The Labute approximate surface area is 207 Å². The number of hydrogen-bond acceptors (Lipinski definition) is 3. The predicted octanol–water partition coefficient (Wildman–Crippen LogP) is 6.04. The molecule has 4 aliphatic carbocycles. The molecular formula is C29H25F2NO4. The van der Waals surface area contributed by atoms with Crippen LogP contribution in [0.1, 0.15) is 53.9 Å². The zero-order valence-electron chi connectivity index (χ0n) is 19.4. The van der Waals surface area contributed by atoms with Gasteiger partial charge in [0.05, 0.1) is 0 Å². The van der Waals surface area contributed by atoms with E-state index in [9.17, 15) is 23.5 Å². The lowest BCUT2D eigenvalue weighted by Gasteiger charge is -2.72. The summed E-state index contributed by atoms with van der Waals surface area (Å²) < 4.78 is 32.6. The van der Waals surface area contributed by atoms with Crippen molar-refractivity contribution in [2.45, 2.75) is 43.1 Å². The molecule has 3 fully saturated rings. The molecule has 3 aromatic carbocycles. The van der Waals surface area contributed by atoms with Crippen molar-refractivity contribution >= 4 is 12.1 Å². The second kappa shape index (κ2) is 8.15. The largest absolute Gasteiger partial charge is 0.480 e. The van der Waals surface area contributed by atoms with E-state index < -0.39 is 35.4 Å². The van der Waals surface area contributed by atoms with Crippen LogP contribution in [-0.2, 0) is 14.9 Å². The maximum Gasteiger partial charge on any atom is 0.407 e. The first-order valence-electron chi connectivity index (χ1n) is 12.1. The fraction of sp³-hybridized carbons (Fsp3) is 0.310. The van der Waals surface area contributed by atoms with Gasteiger partial charge < -0.3 is 15.2 Å². The molecule has 1 unspecified atom stereocenters. The average molecular weight is 490 g/mol. The van der Waals surface area contributed by atoms with Crippen molar-refractivity contribution in [3.8, 4) is 11.1 Å². The second-order valence-corrected chi connectivity index (χ2v) is 10.3. The zero-order chi connectivity index (χ0) is 25.1. The smallest absolute Gasteiger partial charge is 0.407 e. The van der Waals surface area contributed by atoms with Crippen molar-refractivity contribution in [1.29, 1.82) is 0 Å². The number of benzene rings is 3. The van der Waals surface area contributed by atoms with Gasteiger partial charge in [-0.15, -0.1) is 0 Å². The SMILES string of the molecule is O=C(NC(C(=O)O)C12CC(c3ccccc3C(F)F)(C1)C2)OCC1c2ccccc2-c2ccccc21. The molecule has 0 spiro atoms. The number of carboxylic acid groups (broad SMARTS) is 1. The van der Waals surface area contributed by atoms with Crippen LogP contribution in [-0.4, -0.2) is 29.8 Å². The van der Waals surface area contributed by atoms with Gasteiger partial charge >= 0.3 is 12.1 Å².